The van der Waals surface area contributed by atoms with Gasteiger partial charge in [0.2, 0.25) is 0 Å². The van der Waals surface area contributed by atoms with E-state index < -0.39 is 21.8 Å². The number of nitrogens with zero attached hydrogens (tertiary/aromatic N) is 4. The maximum absolute atomic E-state index is 13.3. The van der Waals surface area contributed by atoms with E-state index in [0.717, 1.165) is 28.2 Å². The molecule has 0 bridgehead atoms. The van der Waals surface area contributed by atoms with Crippen molar-refractivity contribution >= 4 is 26.5 Å². The van der Waals surface area contributed by atoms with Gasteiger partial charge in [0.25, 0.3) is 10.0 Å². The molecular formula is C19H19F3N4O2S. The second-order valence-electron chi connectivity index (χ2n) is 7.16. The van der Waals surface area contributed by atoms with E-state index in [-0.39, 0.29) is 15.8 Å². The smallest absolute Gasteiger partial charge is 0.302 e. The second kappa shape index (κ2) is 6.74. The Balaban J connectivity index is 1.97. The van der Waals surface area contributed by atoms with Crippen LogP contribution in [0.5, 0.6) is 0 Å². The number of halogens is 3. The van der Waals surface area contributed by atoms with Crippen molar-refractivity contribution in [1.82, 2.24) is 18.7 Å². The Morgan fingerprint density at radius 2 is 1.90 bits per heavy atom. The molecule has 29 heavy (non-hydrogen) atoms. The quantitative estimate of drug-likeness (QED) is 0.647. The van der Waals surface area contributed by atoms with Crippen molar-refractivity contribution < 1.29 is 21.6 Å². The van der Waals surface area contributed by atoms with Crippen LogP contribution in [-0.4, -0.2) is 47.2 Å². The van der Waals surface area contributed by atoms with Crippen molar-refractivity contribution in [3.8, 4) is 0 Å². The summed E-state index contributed by atoms with van der Waals surface area (Å²) in [5, 5.41) is 4.17. The topological polar surface area (TPSA) is 60.1 Å². The first-order chi connectivity index (χ1) is 13.6. The molecule has 3 aromatic rings. The van der Waals surface area contributed by atoms with Gasteiger partial charge in [0.1, 0.15) is 4.90 Å². The van der Waals surface area contributed by atoms with Crippen LogP contribution < -0.4 is 0 Å². The Morgan fingerprint density at radius 1 is 1.14 bits per heavy atom. The van der Waals surface area contributed by atoms with E-state index in [9.17, 15) is 21.6 Å². The van der Waals surface area contributed by atoms with Gasteiger partial charge in [-0.2, -0.15) is 18.3 Å². The first kappa shape index (κ1) is 19.7. The molecule has 154 valence electrons. The Hall–Kier alpha value is -2.59. The van der Waals surface area contributed by atoms with Gasteiger partial charge in [-0.15, -0.1) is 0 Å². The van der Waals surface area contributed by atoms with Crippen molar-refractivity contribution in [3.05, 3.63) is 54.0 Å². The molecule has 0 unspecified atom stereocenters. The molecule has 1 aromatic carbocycles. The van der Waals surface area contributed by atoms with Gasteiger partial charge >= 0.3 is 6.18 Å². The third kappa shape index (κ3) is 3.46. The van der Waals surface area contributed by atoms with Crippen molar-refractivity contribution in [2.75, 3.05) is 20.1 Å². The maximum Gasteiger partial charge on any atom is 0.416 e. The molecule has 1 aliphatic heterocycles. The summed E-state index contributed by atoms with van der Waals surface area (Å²) in [5.41, 5.74) is 0.743. The second-order valence-corrected chi connectivity index (χ2v) is 8.98. The van der Waals surface area contributed by atoms with Gasteiger partial charge in [0, 0.05) is 43.5 Å². The lowest BCUT2D eigenvalue weighted by atomic mass is 9.98. The molecule has 0 fully saturated rings. The zero-order valence-electron chi connectivity index (χ0n) is 15.8. The van der Waals surface area contributed by atoms with Gasteiger partial charge in [-0.1, -0.05) is 6.08 Å². The normalized spacial score (nSPS) is 16.4. The molecular weight excluding hydrogens is 405 g/mol. The highest BCUT2D eigenvalue weighted by Crippen LogP contribution is 2.37. The number of hydrogen-bond acceptors (Lipinski definition) is 4. The summed E-state index contributed by atoms with van der Waals surface area (Å²) in [5.74, 6) is 0. The van der Waals surface area contributed by atoms with Crippen LogP contribution in [0.15, 0.2) is 47.8 Å². The molecule has 0 amide bonds. The number of hydrogen-bond donors (Lipinski definition) is 0. The largest absolute Gasteiger partial charge is 0.416 e. The lowest BCUT2D eigenvalue weighted by Gasteiger charge is -2.21. The Bertz CT molecular complexity index is 1220. The summed E-state index contributed by atoms with van der Waals surface area (Å²) in [6.45, 7) is 1.39. The lowest BCUT2D eigenvalue weighted by molar-refractivity contribution is -0.137. The minimum atomic E-state index is -4.52. The van der Waals surface area contributed by atoms with E-state index in [1.807, 2.05) is 13.1 Å². The van der Waals surface area contributed by atoms with E-state index in [2.05, 4.69) is 10.00 Å². The van der Waals surface area contributed by atoms with Crippen LogP contribution in [0.3, 0.4) is 0 Å². The number of rotatable bonds is 3. The van der Waals surface area contributed by atoms with Crippen molar-refractivity contribution in [1.29, 1.82) is 0 Å². The highest BCUT2D eigenvalue weighted by atomic mass is 32.2. The molecule has 3 heterocycles. The molecule has 0 aliphatic carbocycles. The van der Waals surface area contributed by atoms with Gasteiger partial charge in [-0.3, -0.25) is 4.68 Å². The molecule has 1 aliphatic rings. The summed E-state index contributed by atoms with van der Waals surface area (Å²) in [6, 6.07) is 3.15. The first-order valence-corrected chi connectivity index (χ1v) is 10.4. The van der Waals surface area contributed by atoms with Crippen molar-refractivity contribution in [3.63, 3.8) is 0 Å². The first-order valence-electron chi connectivity index (χ1n) is 8.92. The fourth-order valence-electron chi connectivity index (χ4n) is 3.49. The average molecular weight is 424 g/mol. The predicted octanol–water partition coefficient (Wildman–Crippen LogP) is 3.35. The van der Waals surface area contributed by atoms with Gasteiger partial charge in [-0.05, 0) is 37.2 Å². The SMILES string of the molecule is CN1CC=C(c2cn(S(=O)(=O)c3cnn(C)c3)c3ccc(C(F)(F)F)cc23)CC1. The van der Waals surface area contributed by atoms with Crippen LogP contribution in [0.25, 0.3) is 16.5 Å². The highest BCUT2D eigenvalue weighted by molar-refractivity contribution is 7.90. The molecule has 0 radical (unpaired) electrons. The number of aryl methyl sites for hydroxylation is 1. The number of aromatic nitrogens is 3. The third-order valence-corrected chi connectivity index (χ3v) is 6.72. The van der Waals surface area contributed by atoms with Crippen molar-refractivity contribution in [2.24, 2.45) is 7.05 Å². The zero-order valence-corrected chi connectivity index (χ0v) is 16.6. The van der Waals surface area contributed by atoms with Crippen LogP contribution in [0, 0.1) is 0 Å². The maximum atomic E-state index is 13.3. The average Bonchev–Trinajstić information content (AvgIpc) is 3.26. The Kier molecular flexibility index (Phi) is 4.58. The summed E-state index contributed by atoms with van der Waals surface area (Å²) in [4.78, 5) is 2.05. The fraction of sp³-hybridized carbons (Fsp3) is 0.316. The molecule has 0 spiro atoms. The van der Waals surface area contributed by atoms with E-state index >= 15 is 0 Å². The van der Waals surface area contributed by atoms with E-state index in [0.29, 0.717) is 18.5 Å². The lowest BCUT2D eigenvalue weighted by Crippen LogP contribution is -2.23. The van der Waals surface area contributed by atoms with Crippen LogP contribution in [0.4, 0.5) is 13.2 Å². The molecule has 0 saturated heterocycles. The highest BCUT2D eigenvalue weighted by Gasteiger charge is 2.32. The summed E-state index contributed by atoms with van der Waals surface area (Å²) >= 11 is 0. The van der Waals surface area contributed by atoms with Crippen LogP contribution in [0.1, 0.15) is 17.5 Å². The zero-order chi connectivity index (χ0) is 21.0. The van der Waals surface area contributed by atoms with Gasteiger partial charge < -0.3 is 4.90 Å². The minimum absolute atomic E-state index is 0.0271. The predicted molar refractivity (Wildman–Crippen MR) is 103 cm³/mol. The van der Waals surface area contributed by atoms with Crippen LogP contribution >= 0.6 is 0 Å². The van der Waals surface area contributed by atoms with Crippen LogP contribution in [-0.2, 0) is 23.2 Å². The molecule has 0 atom stereocenters. The van der Waals surface area contributed by atoms with Gasteiger partial charge in [0.05, 0.1) is 17.3 Å². The monoisotopic (exact) mass is 424 g/mol. The molecule has 0 saturated carbocycles. The Labute approximate surface area is 165 Å². The summed E-state index contributed by atoms with van der Waals surface area (Å²) in [7, 11) is -0.463. The molecule has 0 N–H and O–H groups in total. The minimum Gasteiger partial charge on any atom is -0.302 e. The number of likely N-dealkylation sites (N-methyl/N-ethyl adjacent to an activating group) is 1. The molecule has 6 nitrogen and oxygen atoms in total. The van der Waals surface area contributed by atoms with Gasteiger partial charge in [0.15, 0.2) is 0 Å². The summed E-state index contributed by atoms with van der Waals surface area (Å²) < 4.78 is 68.6. The van der Waals surface area contributed by atoms with Crippen molar-refractivity contribution in [2.45, 2.75) is 17.5 Å². The standard InChI is InChI=1S/C19H19F3N4O2S/c1-24-7-5-13(6-8-24)17-12-26(29(27,28)15-10-23-25(2)11-15)18-4-3-14(9-16(17)18)19(20,21)22/h3-5,9-12H,6-8H2,1-2H3. The van der Waals surface area contributed by atoms with Crippen LogP contribution in [0.2, 0.25) is 0 Å². The molecule has 10 heteroatoms. The van der Waals surface area contributed by atoms with E-state index in [1.54, 1.807) is 7.05 Å². The third-order valence-electron chi connectivity index (χ3n) is 5.09. The fourth-order valence-corrected chi connectivity index (χ4v) is 4.85. The number of alkyl halides is 3. The molecule has 4 rings (SSSR count). The van der Waals surface area contributed by atoms with Gasteiger partial charge in [-0.25, -0.2) is 12.4 Å². The number of fused-ring (bicyclic) bond motifs is 1. The van der Waals surface area contributed by atoms with E-state index in [4.69, 9.17) is 0 Å². The number of benzene rings is 1. The molecule has 2 aromatic heterocycles. The van der Waals surface area contributed by atoms with E-state index in [1.165, 1.54) is 29.3 Å². The Morgan fingerprint density at radius 3 is 2.48 bits per heavy atom. The summed E-state index contributed by atoms with van der Waals surface area (Å²) in [6.07, 6.45) is 2.04.